The number of ether oxygens (including phenoxy) is 6. The van der Waals surface area contributed by atoms with Gasteiger partial charge in [0.2, 0.25) is 0 Å². The van der Waals surface area contributed by atoms with Gasteiger partial charge in [0.1, 0.15) is 12.7 Å². The fourth-order valence-corrected chi connectivity index (χ4v) is 10.7. The third-order valence-electron chi connectivity index (χ3n) is 13.0. The first-order chi connectivity index (χ1) is 21.2. The number of carbonyl (C=O) groups excluding carboxylic acids is 3. The highest BCUT2D eigenvalue weighted by atomic mass is 16.7. The van der Waals surface area contributed by atoms with Gasteiger partial charge in [-0.05, 0) is 87.0 Å². The van der Waals surface area contributed by atoms with Crippen LogP contribution in [0.3, 0.4) is 0 Å². The summed E-state index contributed by atoms with van der Waals surface area (Å²) in [5, 5.41) is 24.9. The Morgan fingerprint density at radius 1 is 0.889 bits per heavy atom. The van der Waals surface area contributed by atoms with Gasteiger partial charge in [-0.2, -0.15) is 0 Å². The Bertz CT molecular complexity index is 1230. The summed E-state index contributed by atoms with van der Waals surface area (Å²) in [5.74, 6) is -1.01. The van der Waals surface area contributed by atoms with Gasteiger partial charge in [-0.25, -0.2) is 4.79 Å². The van der Waals surface area contributed by atoms with Crippen LogP contribution in [0.1, 0.15) is 92.4 Å². The Hall–Kier alpha value is -2.05. The van der Waals surface area contributed by atoms with Crippen molar-refractivity contribution >= 4 is 17.9 Å². The SMILES string of the molecule is CO[C@@H]1[C@@H](OC(C)=O)[C@H](C)O[C@H](O[C@@H]2CC[C@]3(C)[C@@H]4CC[C@]5(C)[C@H](C6=CC(=O)OC6)CC[C@]5(O)[C@@H]4CC[C@@]3(O)C2)[C@@H]1OC(C)=O. The van der Waals surface area contributed by atoms with Gasteiger partial charge in [0.15, 0.2) is 18.5 Å². The molecule has 6 aliphatic rings. The molecule has 6 rings (SSSR count). The first-order valence-electron chi connectivity index (χ1n) is 16.7. The van der Waals surface area contributed by atoms with Crippen molar-refractivity contribution in [3.05, 3.63) is 11.6 Å². The first-order valence-corrected chi connectivity index (χ1v) is 16.7. The number of rotatable bonds is 6. The van der Waals surface area contributed by atoms with Crippen molar-refractivity contribution in [3.63, 3.8) is 0 Å². The van der Waals surface area contributed by atoms with Gasteiger partial charge in [0.05, 0.1) is 23.4 Å². The van der Waals surface area contributed by atoms with Gasteiger partial charge >= 0.3 is 17.9 Å². The van der Waals surface area contributed by atoms with Crippen molar-refractivity contribution in [3.8, 4) is 0 Å². The zero-order valence-electron chi connectivity index (χ0n) is 27.4. The molecule has 11 nitrogen and oxygen atoms in total. The monoisotopic (exact) mass is 634 g/mol. The number of cyclic esters (lactones) is 1. The van der Waals surface area contributed by atoms with Gasteiger partial charge in [0, 0.05) is 38.9 Å². The quantitative estimate of drug-likeness (QED) is 0.252. The molecule has 0 aromatic carbocycles. The highest BCUT2D eigenvalue weighted by molar-refractivity contribution is 5.85. The van der Waals surface area contributed by atoms with Gasteiger partial charge in [-0.1, -0.05) is 13.8 Å². The average molecular weight is 635 g/mol. The van der Waals surface area contributed by atoms with Crippen LogP contribution in [0.4, 0.5) is 0 Å². The van der Waals surface area contributed by atoms with Crippen LogP contribution in [0, 0.1) is 28.6 Å². The molecule has 5 fully saturated rings. The fourth-order valence-electron chi connectivity index (χ4n) is 10.7. The van der Waals surface area contributed by atoms with Gasteiger partial charge in [0.25, 0.3) is 0 Å². The van der Waals surface area contributed by atoms with E-state index in [1.165, 1.54) is 21.0 Å². The summed E-state index contributed by atoms with van der Waals surface area (Å²) in [6.07, 6.45) is 3.42. The van der Waals surface area contributed by atoms with Crippen molar-refractivity contribution in [2.75, 3.05) is 13.7 Å². The molecule has 45 heavy (non-hydrogen) atoms. The van der Waals surface area contributed by atoms with E-state index in [9.17, 15) is 24.6 Å². The minimum absolute atomic E-state index is 0.0548. The largest absolute Gasteiger partial charge is 0.458 e. The fraction of sp³-hybridized carbons (Fsp3) is 0.853. The molecule has 11 heteroatoms. The molecule has 0 spiro atoms. The van der Waals surface area contributed by atoms with E-state index >= 15 is 0 Å². The maximum absolute atomic E-state index is 12.5. The Balaban J connectivity index is 1.19. The molecule has 4 aliphatic carbocycles. The Morgan fingerprint density at radius 2 is 1.56 bits per heavy atom. The average Bonchev–Trinajstić information content (AvgIpc) is 3.51. The standard InChI is InChI=1S/C34H50O11/c1-18-27(43-19(2)35)28(40-6)29(44-20(3)36)30(42-18)45-22-7-11-31(4)24-8-12-32(5)23(21-15-26(37)41-17-21)10-14-34(32,39)25(24)9-13-33(31,38)16-22/h15,18,22-25,27-30,38-39H,7-14,16-17H2,1-6H3/t18-,22+,23-,24+,25+,27-,28+,29+,30+,31+,32+,33+,34-/m0/s1. The van der Waals surface area contributed by atoms with E-state index < -0.39 is 59.3 Å². The van der Waals surface area contributed by atoms with Crippen molar-refractivity contribution in [2.24, 2.45) is 28.6 Å². The van der Waals surface area contributed by atoms with Gasteiger partial charge in [-0.3, -0.25) is 9.59 Å². The van der Waals surface area contributed by atoms with E-state index in [1.54, 1.807) is 13.0 Å². The van der Waals surface area contributed by atoms with E-state index in [0.717, 1.165) is 24.8 Å². The molecule has 0 aromatic heterocycles. The van der Waals surface area contributed by atoms with Crippen LogP contribution in [0.2, 0.25) is 0 Å². The van der Waals surface area contributed by atoms with Crippen molar-refractivity contribution < 1.29 is 53.0 Å². The minimum atomic E-state index is -1.01. The second-order valence-corrected chi connectivity index (χ2v) is 15.1. The third kappa shape index (κ3) is 5.16. The van der Waals surface area contributed by atoms with Crippen LogP contribution >= 0.6 is 0 Å². The highest BCUT2D eigenvalue weighted by Crippen LogP contribution is 2.70. The van der Waals surface area contributed by atoms with Crippen LogP contribution in [-0.2, 0) is 42.8 Å². The number of methoxy groups -OCH3 is 1. The number of hydrogen-bond donors (Lipinski definition) is 2. The molecular formula is C34H50O11. The molecular weight excluding hydrogens is 584 g/mol. The smallest absolute Gasteiger partial charge is 0.331 e. The molecule has 1 saturated heterocycles. The Morgan fingerprint density at radius 3 is 2.20 bits per heavy atom. The summed E-state index contributed by atoms with van der Waals surface area (Å²) < 4.78 is 34.7. The topological polar surface area (TPSA) is 147 Å². The summed E-state index contributed by atoms with van der Waals surface area (Å²) in [4.78, 5) is 35.8. The van der Waals surface area contributed by atoms with Gasteiger partial charge in [-0.15, -0.1) is 0 Å². The van der Waals surface area contributed by atoms with Crippen LogP contribution in [0.25, 0.3) is 0 Å². The van der Waals surface area contributed by atoms with Crippen molar-refractivity contribution in [1.82, 2.24) is 0 Å². The zero-order chi connectivity index (χ0) is 32.5. The Labute approximate surface area is 265 Å². The lowest BCUT2D eigenvalue weighted by Crippen LogP contribution is -2.68. The molecule has 2 aliphatic heterocycles. The molecule has 2 heterocycles. The summed E-state index contributed by atoms with van der Waals surface area (Å²) in [5.41, 5.74) is -1.63. The lowest BCUT2D eigenvalue weighted by molar-refractivity contribution is -0.324. The lowest BCUT2D eigenvalue weighted by Gasteiger charge is -2.66. The second-order valence-electron chi connectivity index (χ2n) is 15.1. The number of hydrogen-bond acceptors (Lipinski definition) is 11. The predicted octanol–water partition coefficient (Wildman–Crippen LogP) is 3.37. The molecule has 252 valence electrons. The molecule has 4 saturated carbocycles. The molecule has 2 N–H and O–H groups in total. The maximum atomic E-state index is 12.5. The van der Waals surface area contributed by atoms with Gasteiger partial charge < -0.3 is 38.6 Å². The Kier molecular flexibility index (Phi) is 8.46. The lowest BCUT2D eigenvalue weighted by atomic mass is 9.42. The molecule has 0 unspecified atom stereocenters. The molecule has 0 amide bonds. The van der Waals surface area contributed by atoms with E-state index in [1.807, 2.05) is 0 Å². The van der Waals surface area contributed by atoms with E-state index in [2.05, 4.69) is 13.8 Å². The molecule has 0 aromatic rings. The van der Waals surface area contributed by atoms with E-state index in [4.69, 9.17) is 28.4 Å². The summed E-state index contributed by atoms with van der Waals surface area (Å²) in [6, 6.07) is 0. The molecule has 13 atom stereocenters. The number of carbonyl (C=O) groups is 3. The van der Waals surface area contributed by atoms with Crippen LogP contribution in [-0.4, -0.2) is 89.8 Å². The summed E-state index contributed by atoms with van der Waals surface area (Å²) in [6.45, 7) is 9.06. The normalized spacial score (nSPS) is 49.2. The minimum Gasteiger partial charge on any atom is -0.458 e. The van der Waals surface area contributed by atoms with E-state index in [0.29, 0.717) is 45.1 Å². The molecule has 0 radical (unpaired) electrons. The zero-order valence-corrected chi connectivity index (χ0v) is 27.4. The van der Waals surface area contributed by atoms with Crippen molar-refractivity contribution in [1.29, 1.82) is 0 Å². The number of fused-ring (bicyclic) bond motifs is 5. The van der Waals surface area contributed by atoms with Crippen LogP contribution in [0.5, 0.6) is 0 Å². The summed E-state index contributed by atoms with van der Waals surface area (Å²) in [7, 11) is 1.47. The van der Waals surface area contributed by atoms with Crippen molar-refractivity contribution in [2.45, 2.75) is 140 Å². The van der Waals surface area contributed by atoms with E-state index in [-0.39, 0.29) is 35.2 Å². The molecule has 0 bridgehead atoms. The summed E-state index contributed by atoms with van der Waals surface area (Å²) >= 11 is 0. The first kappa shape index (κ1) is 32.9. The van der Waals surface area contributed by atoms with Crippen LogP contribution in [0.15, 0.2) is 11.6 Å². The number of aliphatic hydroxyl groups is 2. The maximum Gasteiger partial charge on any atom is 0.331 e. The predicted molar refractivity (Wildman–Crippen MR) is 158 cm³/mol. The third-order valence-corrected chi connectivity index (χ3v) is 13.0. The second kappa shape index (κ2) is 11.6. The highest BCUT2D eigenvalue weighted by Gasteiger charge is 2.70. The van der Waals surface area contributed by atoms with Crippen LogP contribution < -0.4 is 0 Å². The number of esters is 3.